The number of anilines is 1. The van der Waals surface area contributed by atoms with Gasteiger partial charge >= 0.3 is 0 Å². The number of methoxy groups -OCH3 is 2. The molecule has 0 bridgehead atoms. The molecule has 0 spiro atoms. The molecular weight excluding hydrogens is 230 g/mol. The van der Waals surface area contributed by atoms with Gasteiger partial charge in [-0.2, -0.15) is 0 Å². The minimum absolute atomic E-state index is 0.223. The number of Topliss-reactive ketones (excluding diaryl/α,β-unsaturated/α-hetero) is 1. The van der Waals surface area contributed by atoms with Gasteiger partial charge in [0.25, 0.3) is 0 Å². The van der Waals surface area contributed by atoms with E-state index in [-0.39, 0.29) is 5.78 Å². The largest absolute Gasteiger partial charge is 0.493 e. The van der Waals surface area contributed by atoms with Gasteiger partial charge in [-0.1, -0.05) is 0 Å². The van der Waals surface area contributed by atoms with Crippen molar-refractivity contribution in [1.29, 1.82) is 0 Å². The number of carbonyl (C=O) groups excluding carboxylic acids is 1. The molecule has 0 aromatic heterocycles. The summed E-state index contributed by atoms with van der Waals surface area (Å²) >= 11 is 0. The molecule has 0 unspecified atom stereocenters. The van der Waals surface area contributed by atoms with Crippen LogP contribution in [0.5, 0.6) is 11.5 Å². The number of rotatable bonds is 7. The number of hydrogen-bond acceptors (Lipinski definition) is 4. The highest BCUT2D eigenvalue weighted by molar-refractivity contribution is 5.75. The van der Waals surface area contributed by atoms with Crippen LogP contribution < -0.4 is 14.8 Å². The Labute approximate surface area is 108 Å². The maximum absolute atomic E-state index is 10.8. The quantitative estimate of drug-likeness (QED) is 0.757. The third-order valence-electron chi connectivity index (χ3n) is 2.75. The van der Waals surface area contributed by atoms with Crippen LogP contribution in [-0.4, -0.2) is 26.5 Å². The molecule has 0 aliphatic carbocycles. The predicted molar refractivity (Wildman–Crippen MR) is 72.7 cm³/mol. The van der Waals surface area contributed by atoms with Crippen LogP contribution in [0.2, 0.25) is 0 Å². The lowest BCUT2D eigenvalue weighted by Crippen LogP contribution is -2.05. The molecule has 0 amide bonds. The van der Waals surface area contributed by atoms with E-state index in [2.05, 4.69) is 5.32 Å². The molecule has 1 N–H and O–H groups in total. The second kappa shape index (κ2) is 6.89. The molecule has 0 heterocycles. The molecule has 1 rings (SSSR count). The fourth-order valence-electron chi connectivity index (χ4n) is 1.73. The van der Waals surface area contributed by atoms with Crippen LogP contribution in [0.1, 0.15) is 25.3 Å². The molecule has 18 heavy (non-hydrogen) atoms. The Morgan fingerprint density at radius 2 is 1.83 bits per heavy atom. The third-order valence-corrected chi connectivity index (χ3v) is 2.75. The molecule has 0 aliphatic heterocycles. The molecule has 0 aliphatic rings. The van der Waals surface area contributed by atoms with E-state index < -0.39 is 0 Å². The van der Waals surface area contributed by atoms with Crippen molar-refractivity contribution in [3.63, 3.8) is 0 Å². The van der Waals surface area contributed by atoms with Crippen LogP contribution in [0.4, 0.5) is 5.69 Å². The molecule has 100 valence electrons. The van der Waals surface area contributed by atoms with Crippen molar-refractivity contribution in [2.24, 2.45) is 0 Å². The van der Waals surface area contributed by atoms with Gasteiger partial charge in [0.05, 0.1) is 14.2 Å². The standard InChI is InChI=1S/C14H21NO3/c1-10-8-13(17-3)14(18-4)9-12(10)15-7-5-6-11(2)16/h8-9,15H,5-7H2,1-4H3. The molecule has 1 aromatic carbocycles. The second-order valence-corrected chi connectivity index (χ2v) is 4.25. The summed E-state index contributed by atoms with van der Waals surface area (Å²) in [5, 5.41) is 3.31. The lowest BCUT2D eigenvalue weighted by atomic mass is 10.1. The zero-order valence-electron chi connectivity index (χ0n) is 11.5. The van der Waals surface area contributed by atoms with Gasteiger partial charge in [0.1, 0.15) is 5.78 Å². The summed E-state index contributed by atoms with van der Waals surface area (Å²) < 4.78 is 10.5. The van der Waals surface area contributed by atoms with E-state index in [1.54, 1.807) is 21.1 Å². The third kappa shape index (κ3) is 3.95. The Morgan fingerprint density at radius 1 is 1.22 bits per heavy atom. The number of nitrogens with one attached hydrogen (secondary N) is 1. The normalized spacial score (nSPS) is 10.0. The number of hydrogen-bond donors (Lipinski definition) is 1. The van der Waals surface area contributed by atoms with Crippen LogP contribution in [0.3, 0.4) is 0 Å². The van der Waals surface area contributed by atoms with Gasteiger partial charge in [0.15, 0.2) is 11.5 Å². The minimum atomic E-state index is 0.223. The maximum atomic E-state index is 10.8. The van der Waals surface area contributed by atoms with Crippen LogP contribution in [-0.2, 0) is 4.79 Å². The van der Waals surface area contributed by atoms with Gasteiger partial charge in [0.2, 0.25) is 0 Å². The smallest absolute Gasteiger partial charge is 0.162 e. The summed E-state index contributed by atoms with van der Waals surface area (Å²) in [6.45, 7) is 4.40. The summed E-state index contributed by atoms with van der Waals surface area (Å²) in [6, 6.07) is 3.86. The van der Waals surface area contributed by atoms with Crippen LogP contribution in [0, 0.1) is 6.92 Å². The van der Waals surface area contributed by atoms with E-state index in [0.717, 1.165) is 30.0 Å². The average Bonchev–Trinajstić information content (AvgIpc) is 2.35. The van der Waals surface area contributed by atoms with Crippen molar-refractivity contribution in [3.8, 4) is 11.5 Å². The second-order valence-electron chi connectivity index (χ2n) is 4.25. The molecule has 4 heteroatoms. The van der Waals surface area contributed by atoms with Gasteiger partial charge in [0, 0.05) is 24.7 Å². The minimum Gasteiger partial charge on any atom is -0.493 e. The van der Waals surface area contributed by atoms with Gasteiger partial charge in [-0.3, -0.25) is 0 Å². The first-order valence-corrected chi connectivity index (χ1v) is 6.04. The Kier molecular flexibility index (Phi) is 5.49. The molecule has 0 saturated carbocycles. The van der Waals surface area contributed by atoms with Crippen LogP contribution in [0.15, 0.2) is 12.1 Å². The maximum Gasteiger partial charge on any atom is 0.162 e. The Balaban J connectivity index is 2.68. The van der Waals surface area contributed by atoms with E-state index in [9.17, 15) is 4.79 Å². The van der Waals surface area contributed by atoms with Gasteiger partial charge in [-0.25, -0.2) is 0 Å². The van der Waals surface area contributed by atoms with E-state index in [4.69, 9.17) is 9.47 Å². The summed E-state index contributed by atoms with van der Waals surface area (Å²) in [5.74, 6) is 1.65. The van der Waals surface area contributed by atoms with Crippen molar-refractivity contribution in [2.45, 2.75) is 26.7 Å². The lowest BCUT2D eigenvalue weighted by Gasteiger charge is -2.14. The van der Waals surface area contributed by atoms with E-state index in [1.807, 2.05) is 19.1 Å². The first-order valence-electron chi connectivity index (χ1n) is 6.04. The lowest BCUT2D eigenvalue weighted by molar-refractivity contribution is -0.117. The molecule has 0 fully saturated rings. The molecule has 0 saturated heterocycles. The number of ether oxygens (including phenoxy) is 2. The first kappa shape index (κ1) is 14.4. The van der Waals surface area contributed by atoms with Crippen molar-refractivity contribution in [1.82, 2.24) is 0 Å². The monoisotopic (exact) mass is 251 g/mol. The van der Waals surface area contributed by atoms with Gasteiger partial charge in [-0.15, -0.1) is 0 Å². The van der Waals surface area contributed by atoms with Crippen LogP contribution in [0.25, 0.3) is 0 Å². The summed E-state index contributed by atoms with van der Waals surface area (Å²) in [7, 11) is 3.24. The fourth-order valence-corrected chi connectivity index (χ4v) is 1.73. The zero-order valence-corrected chi connectivity index (χ0v) is 11.5. The Morgan fingerprint density at radius 3 is 2.39 bits per heavy atom. The predicted octanol–water partition coefficient (Wildman–Crippen LogP) is 2.79. The highest BCUT2D eigenvalue weighted by Gasteiger charge is 2.08. The van der Waals surface area contributed by atoms with Crippen LogP contribution >= 0.6 is 0 Å². The highest BCUT2D eigenvalue weighted by Crippen LogP contribution is 2.32. The SMILES string of the molecule is COc1cc(C)c(NCCCC(C)=O)cc1OC. The fraction of sp³-hybridized carbons (Fsp3) is 0.500. The van der Waals surface area contributed by atoms with Crippen molar-refractivity contribution >= 4 is 11.5 Å². The molecular formula is C14H21NO3. The Bertz CT molecular complexity index is 416. The average molecular weight is 251 g/mol. The molecule has 4 nitrogen and oxygen atoms in total. The molecule has 0 atom stereocenters. The summed E-state index contributed by atoms with van der Waals surface area (Å²) in [5.41, 5.74) is 2.10. The number of ketones is 1. The Hall–Kier alpha value is -1.71. The topological polar surface area (TPSA) is 47.6 Å². The van der Waals surface area contributed by atoms with Crippen molar-refractivity contribution < 1.29 is 14.3 Å². The van der Waals surface area contributed by atoms with E-state index in [1.165, 1.54) is 0 Å². The zero-order chi connectivity index (χ0) is 13.5. The van der Waals surface area contributed by atoms with Gasteiger partial charge < -0.3 is 19.6 Å². The highest BCUT2D eigenvalue weighted by atomic mass is 16.5. The number of aryl methyl sites for hydroxylation is 1. The first-order chi connectivity index (χ1) is 8.58. The van der Waals surface area contributed by atoms with Crippen molar-refractivity contribution in [2.75, 3.05) is 26.1 Å². The summed E-state index contributed by atoms with van der Waals surface area (Å²) in [6.07, 6.45) is 1.45. The van der Waals surface area contributed by atoms with E-state index >= 15 is 0 Å². The molecule has 0 radical (unpaired) electrons. The van der Waals surface area contributed by atoms with E-state index in [0.29, 0.717) is 12.2 Å². The van der Waals surface area contributed by atoms with Gasteiger partial charge in [-0.05, 0) is 31.9 Å². The number of carbonyl (C=O) groups is 1. The molecule has 1 aromatic rings. The number of benzene rings is 1. The van der Waals surface area contributed by atoms with Crippen molar-refractivity contribution in [3.05, 3.63) is 17.7 Å². The summed E-state index contributed by atoms with van der Waals surface area (Å²) in [4.78, 5) is 10.8.